The van der Waals surface area contributed by atoms with Gasteiger partial charge in [0.25, 0.3) is 5.91 Å². The summed E-state index contributed by atoms with van der Waals surface area (Å²) in [6.45, 7) is 2.56. The number of amides is 1. The van der Waals surface area contributed by atoms with E-state index in [4.69, 9.17) is 22.1 Å². The van der Waals surface area contributed by atoms with Crippen LogP contribution < -0.4 is 10.1 Å². The van der Waals surface area contributed by atoms with Gasteiger partial charge in [-0.1, -0.05) is 30.0 Å². The normalized spacial score (nSPS) is 15.0. The number of aromatic nitrogens is 3. The van der Waals surface area contributed by atoms with Gasteiger partial charge in [0.05, 0.1) is 15.1 Å². The maximum atomic E-state index is 12.1. The summed E-state index contributed by atoms with van der Waals surface area (Å²) in [4.78, 5) is 17.0. The molecular weight excluding hydrogens is 519 g/mol. The predicted molar refractivity (Wildman–Crippen MR) is 127 cm³/mol. The maximum absolute atomic E-state index is 12.1. The smallest absolute Gasteiger partial charge is 0.263 e. The third kappa shape index (κ3) is 4.36. The number of thioether (sulfide) groups is 1. The second kappa shape index (κ2) is 8.64. The Balaban J connectivity index is 1.82. The third-order valence-electron chi connectivity index (χ3n) is 4.06. The summed E-state index contributed by atoms with van der Waals surface area (Å²) < 4.78 is 8.79. The highest BCUT2D eigenvalue weighted by Gasteiger charge is 2.23. The van der Waals surface area contributed by atoms with Crippen LogP contribution in [0, 0.1) is 3.57 Å². The highest BCUT2D eigenvalue weighted by Crippen LogP contribution is 2.33. The Hall–Kier alpha value is -2.24. The molecule has 3 aromatic rings. The number of carbonyl (C=O) groups excluding carboxylic acids is 1. The van der Waals surface area contributed by atoms with Gasteiger partial charge in [0.2, 0.25) is 0 Å². The van der Waals surface area contributed by atoms with Crippen LogP contribution in [0.2, 0.25) is 0 Å². The lowest BCUT2D eigenvalue weighted by Gasteiger charge is -2.07. The molecule has 1 N–H and O–H groups in total. The van der Waals surface area contributed by atoms with Crippen LogP contribution in [0.4, 0.5) is 0 Å². The van der Waals surface area contributed by atoms with Crippen LogP contribution in [-0.4, -0.2) is 31.6 Å². The summed E-state index contributed by atoms with van der Waals surface area (Å²) in [6, 6.07) is 11.6. The molecule has 29 heavy (non-hydrogen) atoms. The molecule has 1 amide bonds. The summed E-state index contributed by atoms with van der Waals surface area (Å²) in [7, 11) is 0. The summed E-state index contributed by atoms with van der Waals surface area (Å²) in [5.74, 6) is 1.33. The number of carbonyl (C=O) groups is 1. The molecule has 0 radical (unpaired) electrons. The molecule has 146 valence electrons. The second-order valence-corrected chi connectivity index (χ2v) is 8.88. The van der Waals surface area contributed by atoms with Crippen molar-refractivity contribution in [1.82, 2.24) is 20.1 Å². The number of ether oxygens (including phenoxy) is 1. The van der Waals surface area contributed by atoms with Gasteiger partial charge in [-0.15, -0.1) is 0 Å². The van der Waals surface area contributed by atoms with Crippen molar-refractivity contribution < 1.29 is 9.53 Å². The van der Waals surface area contributed by atoms with Crippen molar-refractivity contribution >= 4 is 62.9 Å². The zero-order chi connectivity index (χ0) is 20.4. The van der Waals surface area contributed by atoms with Crippen molar-refractivity contribution in [2.75, 3.05) is 6.61 Å². The van der Waals surface area contributed by atoms with E-state index in [1.165, 1.54) is 11.8 Å². The van der Waals surface area contributed by atoms with Crippen molar-refractivity contribution in [3.63, 3.8) is 0 Å². The molecule has 0 saturated carbocycles. The van der Waals surface area contributed by atoms with Gasteiger partial charge in [-0.25, -0.2) is 9.67 Å². The fraction of sp³-hybridized carbons (Fsp3) is 0.100. The van der Waals surface area contributed by atoms with E-state index < -0.39 is 0 Å². The first-order valence-corrected chi connectivity index (χ1v) is 11.0. The van der Waals surface area contributed by atoms with Crippen molar-refractivity contribution in [1.29, 1.82) is 0 Å². The van der Waals surface area contributed by atoms with Crippen LogP contribution in [0.3, 0.4) is 0 Å². The largest absolute Gasteiger partial charge is 0.493 e. The lowest BCUT2D eigenvalue weighted by molar-refractivity contribution is -0.115. The average Bonchev–Trinajstić information content (AvgIpc) is 3.27. The Morgan fingerprint density at radius 1 is 1.34 bits per heavy atom. The fourth-order valence-corrected chi connectivity index (χ4v) is 4.51. The van der Waals surface area contributed by atoms with Crippen LogP contribution in [-0.2, 0) is 4.79 Å². The summed E-state index contributed by atoms with van der Waals surface area (Å²) in [5, 5.41) is 7.39. The summed E-state index contributed by atoms with van der Waals surface area (Å²) >= 11 is 8.60. The maximum Gasteiger partial charge on any atom is 0.263 e. The van der Waals surface area contributed by atoms with E-state index in [-0.39, 0.29) is 5.91 Å². The monoisotopic (exact) mass is 534 g/mol. The Labute approximate surface area is 190 Å². The van der Waals surface area contributed by atoms with Crippen LogP contribution in [0.1, 0.15) is 12.5 Å². The molecule has 1 fully saturated rings. The minimum atomic E-state index is -0.196. The first-order chi connectivity index (χ1) is 14.0. The van der Waals surface area contributed by atoms with Gasteiger partial charge in [-0.3, -0.25) is 4.79 Å². The lowest BCUT2D eigenvalue weighted by atomic mass is 10.1. The number of hydrogen-bond donors (Lipinski definition) is 1. The number of pyridine rings is 1. The molecule has 2 aromatic heterocycles. The zero-order valence-corrected chi connectivity index (χ0v) is 19.0. The molecule has 6 nitrogen and oxygen atoms in total. The number of benzene rings is 1. The Bertz CT molecular complexity index is 1130. The van der Waals surface area contributed by atoms with Gasteiger partial charge in [0.15, 0.2) is 5.82 Å². The lowest BCUT2D eigenvalue weighted by Crippen LogP contribution is -2.17. The number of thiocarbonyl (C=S) groups is 1. The fourth-order valence-electron chi connectivity index (χ4n) is 2.81. The number of nitrogens with one attached hydrogen (secondary N) is 1. The number of halogens is 1. The molecule has 4 rings (SSSR count). The van der Waals surface area contributed by atoms with Crippen LogP contribution >= 0.6 is 46.6 Å². The van der Waals surface area contributed by atoms with E-state index in [1.807, 2.05) is 55.6 Å². The molecule has 9 heteroatoms. The minimum Gasteiger partial charge on any atom is -0.493 e. The summed E-state index contributed by atoms with van der Waals surface area (Å²) in [5.41, 5.74) is 2.47. The highest BCUT2D eigenvalue weighted by molar-refractivity contribution is 14.1. The van der Waals surface area contributed by atoms with Crippen molar-refractivity contribution in [2.24, 2.45) is 0 Å². The SMILES string of the molecule is CCOc1ccc(-c2nn(-c3ccccn3)cc2/C=C2\SC(=S)NC2=O)cc1I. The molecule has 0 spiro atoms. The first-order valence-electron chi connectivity index (χ1n) is 8.74. The molecule has 0 unspecified atom stereocenters. The Morgan fingerprint density at radius 3 is 2.86 bits per heavy atom. The van der Waals surface area contributed by atoms with Crippen LogP contribution in [0.25, 0.3) is 23.2 Å². The van der Waals surface area contributed by atoms with Crippen LogP contribution in [0.15, 0.2) is 53.7 Å². The molecule has 0 aliphatic carbocycles. The molecule has 0 atom stereocenters. The van der Waals surface area contributed by atoms with E-state index in [2.05, 4.69) is 32.9 Å². The Kier molecular flexibility index (Phi) is 5.97. The topological polar surface area (TPSA) is 69.0 Å². The molecule has 1 aliphatic rings. The predicted octanol–water partition coefficient (Wildman–Crippen LogP) is 4.43. The number of hydrogen-bond acceptors (Lipinski definition) is 6. The zero-order valence-electron chi connectivity index (χ0n) is 15.3. The van der Waals surface area contributed by atoms with Gasteiger partial charge in [0.1, 0.15) is 15.8 Å². The first kappa shape index (κ1) is 20.0. The van der Waals surface area contributed by atoms with Crippen molar-refractivity contribution in [3.8, 4) is 22.8 Å². The third-order valence-corrected chi connectivity index (χ3v) is 6.07. The molecule has 3 heterocycles. The molecular formula is C20H15IN4O2S2. The van der Waals surface area contributed by atoms with E-state index in [9.17, 15) is 4.79 Å². The molecule has 0 bridgehead atoms. The quantitative estimate of drug-likeness (QED) is 0.297. The number of nitrogens with zero attached hydrogens (tertiary/aromatic N) is 3. The van der Waals surface area contributed by atoms with Gasteiger partial charge >= 0.3 is 0 Å². The van der Waals surface area contributed by atoms with E-state index in [0.717, 1.165) is 26.1 Å². The van der Waals surface area contributed by atoms with E-state index >= 15 is 0 Å². The highest BCUT2D eigenvalue weighted by atomic mass is 127. The summed E-state index contributed by atoms with van der Waals surface area (Å²) in [6.07, 6.45) is 5.39. The van der Waals surface area contributed by atoms with Crippen molar-refractivity contribution in [2.45, 2.75) is 6.92 Å². The molecule has 1 aromatic carbocycles. The van der Waals surface area contributed by atoms with E-state index in [1.54, 1.807) is 10.9 Å². The molecule has 1 saturated heterocycles. The molecule has 1 aliphatic heterocycles. The van der Waals surface area contributed by atoms with Crippen LogP contribution in [0.5, 0.6) is 5.75 Å². The average molecular weight is 534 g/mol. The van der Waals surface area contributed by atoms with Gasteiger partial charge in [-0.05, 0) is 65.9 Å². The van der Waals surface area contributed by atoms with Gasteiger partial charge in [-0.2, -0.15) is 5.10 Å². The van der Waals surface area contributed by atoms with Gasteiger partial charge < -0.3 is 10.1 Å². The number of rotatable bonds is 5. The van der Waals surface area contributed by atoms with Gasteiger partial charge in [0, 0.05) is 23.5 Å². The van der Waals surface area contributed by atoms with Crippen molar-refractivity contribution in [3.05, 3.63) is 62.8 Å². The Morgan fingerprint density at radius 2 is 2.21 bits per heavy atom. The standard InChI is InChI=1S/C20H15IN4O2S2/c1-2-27-15-7-6-12(9-14(15)21)18-13(10-16-19(26)23-20(28)29-16)11-25(24-18)17-5-3-4-8-22-17/h3-11H,2H2,1H3,(H,23,26,28)/b16-10-. The minimum absolute atomic E-state index is 0.196. The van der Waals surface area contributed by atoms with E-state index in [0.29, 0.717) is 21.7 Å². The second-order valence-electron chi connectivity index (χ2n) is 6.00.